The van der Waals surface area contributed by atoms with Crippen LogP contribution in [0.1, 0.15) is 5.56 Å². The second kappa shape index (κ2) is 5.79. The molecule has 0 fully saturated rings. The first-order chi connectivity index (χ1) is 6.34. The Bertz CT molecular complexity index is 281. The summed E-state index contributed by atoms with van der Waals surface area (Å²) in [6.45, 7) is 0.907. The zero-order valence-corrected chi connectivity index (χ0v) is 8.51. The summed E-state index contributed by atoms with van der Waals surface area (Å²) in [6, 6.07) is 7.92. The normalized spacial score (nSPS) is 10.9. The predicted molar refractivity (Wildman–Crippen MR) is 58.2 cm³/mol. The summed E-state index contributed by atoms with van der Waals surface area (Å²) in [5.74, 6) is 0. The second-order valence-corrected chi connectivity index (χ2v) is 3.23. The molecule has 1 N–H and O–H groups in total. The van der Waals surface area contributed by atoms with Crippen LogP contribution in [-0.4, -0.2) is 13.6 Å². The van der Waals surface area contributed by atoms with Gasteiger partial charge in [-0.1, -0.05) is 42.0 Å². The summed E-state index contributed by atoms with van der Waals surface area (Å²) in [7, 11) is 1.93. The van der Waals surface area contributed by atoms with Crippen LogP contribution >= 0.6 is 11.6 Å². The molecule has 0 aliphatic heterocycles. The lowest BCUT2D eigenvalue weighted by Gasteiger charge is -1.98. The third-order valence-corrected chi connectivity index (χ3v) is 2.15. The first kappa shape index (κ1) is 10.3. The molecule has 0 radical (unpaired) electrons. The van der Waals surface area contributed by atoms with E-state index in [0.717, 1.165) is 18.0 Å². The van der Waals surface area contributed by atoms with Crippen LogP contribution in [0.15, 0.2) is 36.4 Å². The quantitative estimate of drug-likeness (QED) is 0.729. The van der Waals surface area contributed by atoms with Crippen molar-refractivity contribution in [2.45, 2.75) is 6.42 Å². The van der Waals surface area contributed by atoms with Crippen molar-refractivity contribution in [3.05, 3.63) is 47.0 Å². The van der Waals surface area contributed by atoms with Gasteiger partial charge in [-0.25, -0.2) is 0 Å². The van der Waals surface area contributed by atoms with Gasteiger partial charge in [-0.3, -0.25) is 0 Å². The van der Waals surface area contributed by atoms with Gasteiger partial charge in [0.1, 0.15) is 0 Å². The van der Waals surface area contributed by atoms with Crippen LogP contribution in [0.5, 0.6) is 0 Å². The van der Waals surface area contributed by atoms with E-state index in [1.807, 2.05) is 31.3 Å². The van der Waals surface area contributed by atoms with Gasteiger partial charge in [-0.05, 0) is 25.1 Å². The minimum Gasteiger partial charge on any atom is -0.316 e. The SMILES string of the molecule is CNC/C=C\Cc1ccccc1Cl. The van der Waals surface area contributed by atoms with Crippen LogP contribution in [0.3, 0.4) is 0 Å². The Hall–Kier alpha value is -0.790. The molecule has 0 heterocycles. The monoisotopic (exact) mass is 195 g/mol. The highest BCUT2D eigenvalue weighted by atomic mass is 35.5. The molecule has 0 atom stereocenters. The van der Waals surface area contributed by atoms with Crippen molar-refractivity contribution < 1.29 is 0 Å². The molecule has 0 aliphatic rings. The van der Waals surface area contributed by atoms with E-state index in [1.54, 1.807) is 0 Å². The summed E-state index contributed by atoms with van der Waals surface area (Å²) in [5.41, 5.74) is 1.18. The van der Waals surface area contributed by atoms with Gasteiger partial charge in [-0.2, -0.15) is 0 Å². The van der Waals surface area contributed by atoms with Crippen molar-refractivity contribution >= 4 is 11.6 Å². The summed E-state index contributed by atoms with van der Waals surface area (Å²) >= 11 is 5.99. The largest absolute Gasteiger partial charge is 0.316 e. The molecule has 0 aliphatic carbocycles. The number of halogens is 1. The van der Waals surface area contributed by atoms with Gasteiger partial charge in [0.25, 0.3) is 0 Å². The van der Waals surface area contributed by atoms with Gasteiger partial charge in [0.05, 0.1) is 0 Å². The molecule has 70 valence electrons. The molecule has 1 nitrogen and oxygen atoms in total. The molecule has 1 aromatic rings. The summed E-state index contributed by atoms with van der Waals surface area (Å²) < 4.78 is 0. The van der Waals surface area contributed by atoms with Crippen molar-refractivity contribution in [3.8, 4) is 0 Å². The zero-order valence-electron chi connectivity index (χ0n) is 7.76. The van der Waals surface area contributed by atoms with E-state index in [2.05, 4.69) is 17.5 Å². The highest BCUT2D eigenvalue weighted by Crippen LogP contribution is 2.15. The van der Waals surface area contributed by atoms with E-state index >= 15 is 0 Å². The van der Waals surface area contributed by atoms with Gasteiger partial charge in [0, 0.05) is 11.6 Å². The molecule has 0 bridgehead atoms. The Kier molecular flexibility index (Phi) is 4.58. The van der Waals surface area contributed by atoms with Crippen LogP contribution in [0, 0.1) is 0 Å². The molecule has 2 heteroatoms. The topological polar surface area (TPSA) is 12.0 Å². The van der Waals surface area contributed by atoms with Gasteiger partial charge < -0.3 is 5.32 Å². The van der Waals surface area contributed by atoms with E-state index in [-0.39, 0.29) is 0 Å². The summed E-state index contributed by atoms with van der Waals surface area (Å²) in [4.78, 5) is 0. The molecule has 13 heavy (non-hydrogen) atoms. The predicted octanol–water partition coefficient (Wildman–Crippen LogP) is 2.66. The first-order valence-electron chi connectivity index (χ1n) is 4.37. The minimum atomic E-state index is 0.844. The van der Waals surface area contributed by atoms with Crippen molar-refractivity contribution in [3.63, 3.8) is 0 Å². The van der Waals surface area contributed by atoms with E-state index in [4.69, 9.17) is 11.6 Å². The number of nitrogens with one attached hydrogen (secondary N) is 1. The number of rotatable bonds is 4. The fourth-order valence-electron chi connectivity index (χ4n) is 1.08. The van der Waals surface area contributed by atoms with Crippen molar-refractivity contribution in [1.29, 1.82) is 0 Å². The summed E-state index contributed by atoms with van der Waals surface area (Å²) in [6.07, 6.45) is 5.13. The third kappa shape index (κ3) is 3.62. The van der Waals surface area contributed by atoms with E-state index < -0.39 is 0 Å². The maximum Gasteiger partial charge on any atom is 0.0441 e. The van der Waals surface area contributed by atoms with Crippen molar-refractivity contribution in [2.24, 2.45) is 0 Å². The Labute approximate surface area is 84.4 Å². The third-order valence-electron chi connectivity index (χ3n) is 1.78. The van der Waals surface area contributed by atoms with Crippen LogP contribution in [0.4, 0.5) is 0 Å². The van der Waals surface area contributed by atoms with Crippen LogP contribution in [-0.2, 0) is 6.42 Å². The number of allylic oxidation sites excluding steroid dienone is 1. The maximum absolute atomic E-state index is 5.99. The molecule has 0 aromatic heterocycles. The smallest absolute Gasteiger partial charge is 0.0441 e. The molecule has 0 unspecified atom stereocenters. The highest BCUT2D eigenvalue weighted by Gasteiger charge is 1.94. The fourth-order valence-corrected chi connectivity index (χ4v) is 1.29. The number of hydrogen-bond acceptors (Lipinski definition) is 1. The lowest BCUT2D eigenvalue weighted by Crippen LogP contribution is -2.03. The highest BCUT2D eigenvalue weighted by molar-refractivity contribution is 6.31. The Balaban J connectivity index is 2.49. The standard InChI is InChI=1S/C11H14ClN/c1-13-9-5-4-7-10-6-2-3-8-11(10)12/h2-6,8,13H,7,9H2,1H3/b5-4-. The number of likely N-dealkylation sites (N-methyl/N-ethyl adjacent to an activating group) is 1. The van der Waals surface area contributed by atoms with Crippen LogP contribution in [0.25, 0.3) is 0 Å². The number of benzene rings is 1. The van der Waals surface area contributed by atoms with E-state index in [0.29, 0.717) is 0 Å². The zero-order chi connectivity index (χ0) is 9.52. The lowest BCUT2D eigenvalue weighted by atomic mass is 10.1. The Morgan fingerprint density at radius 2 is 2.08 bits per heavy atom. The van der Waals surface area contributed by atoms with Gasteiger partial charge in [-0.15, -0.1) is 0 Å². The van der Waals surface area contributed by atoms with Crippen LogP contribution < -0.4 is 5.32 Å². The molecule has 1 rings (SSSR count). The fraction of sp³-hybridized carbons (Fsp3) is 0.273. The average Bonchev–Trinajstić information content (AvgIpc) is 2.15. The van der Waals surface area contributed by atoms with Crippen LogP contribution in [0.2, 0.25) is 5.02 Å². The molecular weight excluding hydrogens is 182 g/mol. The van der Waals surface area contributed by atoms with E-state index in [1.165, 1.54) is 5.56 Å². The number of hydrogen-bond donors (Lipinski definition) is 1. The molecule has 0 amide bonds. The maximum atomic E-state index is 5.99. The summed E-state index contributed by atoms with van der Waals surface area (Å²) in [5, 5.41) is 3.89. The first-order valence-corrected chi connectivity index (χ1v) is 4.75. The van der Waals surface area contributed by atoms with Gasteiger partial charge >= 0.3 is 0 Å². The molecule has 0 saturated carbocycles. The van der Waals surface area contributed by atoms with Gasteiger partial charge in [0.2, 0.25) is 0 Å². The van der Waals surface area contributed by atoms with Crippen molar-refractivity contribution in [2.75, 3.05) is 13.6 Å². The lowest BCUT2D eigenvalue weighted by molar-refractivity contribution is 0.916. The van der Waals surface area contributed by atoms with Crippen molar-refractivity contribution in [1.82, 2.24) is 5.32 Å². The molecule has 1 aromatic carbocycles. The second-order valence-electron chi connectivity index (χ2n) is 2.82. The molecular formula is C11H14ClN. The van der Waals surface area contributed by atoms with E-state index in [9.17, 15) is 0 Å². The Morgan fingerprint density at radius 3 is 2.77 bits per heavy atom. The van der Waals surface area contributed by atoms with Gasteiger partial charge in [0.15, 0.2) is 0 Å². The average molecular weight is 196 g/mol. The minimum absolute atomic E-state index is 0.844. The Morgan fingerprint density at radius 1 is 1.31 bits per heavy atom. The molecule has 0 spiro atoms. The molecule has 0 saturated heterocycles.